The highest BCUT2D eigenvalue weighted by atomic mass is 32.1. The Morgan fingerprint density at radius 2 is 2.04 bits per heavy atom. The van der Waals surface area contributed by atoms with Crippen LogP contribution in [0.1, 0.15) is 36.7 Å². The molecule has 126 valence electrons. The summed E-state index contributed by atoms with van der Waals surface area (Å²) in [4.78, 5) is 9.34. The normalized spacial score (nSPS) is 18.9. The summed E-state index contributed by atoms with van der Waals surface area (Å²) in [6, 6.07) is 2.21. The number of aromatic nitrogens is 2. The monoisotopic (exact) mass is 336 g/mol. The molecule has 0 amide bonds. The molecule has 1 saturated heterocycles. The third-order valence-corrected chi connectivity index (χ3v) is 4.96. The van der Waals surface area contributed by atoms with E-state index < -0.39 is 0 Å². The highest BCUT2D eigenvalue weighted by molar-refractivity contribution is 7.07. The fourth-order valence-electron chi connectivity index (χ4n) is 2.78. The third-order valence-electron chi connectivity index (χ3n) is 4.23. The molecule has 2 aromatic heterocycles. The van der Waals surface area contributed by atoms with Crippen molar-refractivity contribution in [2.45, 2.75) is 32.5 Å². The SMILES string of the molecule is CO[C@H](C)c1noc(CN2CCCN(Cc3ccsc3)CC2)n1. The molecular weight excluding hydrogens is 312 g/mol. The molecule has 0 bridgehead atoms. The predicted molar refractivity (Wildman–Crippen MR) is 89.2 cm³/mol. The van der Waals surface area contributed by atoms with Gasteiger partial charge in [0, 0.05) is 26.7 Å². The van der Waals surface area contributed by atoms with Crippen LogP contribution >= 0.6 is 11.3 Å². The van der Waals surface area contributed by atoms with Gasteiger partial charge in [-0.25, -0.2) is 0 Å². The van der Waals surface area contributed by atoms with Crippen LogP contribution in [0.3, 0.4) is 0 Å². The van der Waals surface area contributed by atoms with Crippen LogP contribution in [0.2, 0.25) is 0 Å². The van der Waals surface area contributed by atoms with Gasteiger partial charge in [-0.3, -0.25) is 9.80 Å². The zero-order valence-electron chi connectivity index (χ0n) is 13.8. The van der Waals surface area contributed by atoms with Crippen molar-refractivity contribution in [3.63, 3.8) is 0 Å². The topological polar surface area (TPSA) is 54.6 Å². The largest absolute Gasteiger partial charge is 0.374 e. The van der Waals surface area contributed by atoms with Crippen LogP contribution in [0.15, 0.2) is 21.3 Å². The van der Waals surface area contributed by atoms with Crippen LogP contribution in [-0.4, -0.2) is 53.2 Å². The fourth-order valence-corrected chi connectivity index (χ4v) is 3.44. The number of thiophene rings is 1. The smallest absolute Gasteiger partial charge is 0.240 e. The van der Waals surface area contributed by atoms with Crippen LogP contribution in [0.4, 0.5) is 0 Å². The van der Waals surface area contributed by atoms with Crippen molar-refractivity contribution in [3.8, 4) is 0 Å². The summed E-state index contributed by atoms with van der Waals surface area (Å²) in [5, 5.41) is 8.38. The summed E-state index contributed by atoms with van der Waals surface area (Å²) in [6.07, 6.45) is 1.04. The lowest BCUT2D eigenvalue weighted by molar-refractivity contribution is 0.109. The Bertz CT molecular complexity index is 587. The van der Waals surface area contributed by atoms with E-state index in [0.717, 1.165) is 39.3 Å². The zero-order valence-corrected chi connectivity index (χ0v) is 14.6. The van der Waals surface area contributed by atoms with Crippen LogP contribution in [0, 0.1) is 0 Å². The van der Waals surface area contributed by atoms with Crippen LogP contribution in [-0.2, 0) is 17.8 Å². The molecule has 2 aromatic rings. The van der Waals surface area contributed by atoms with Gasteiger partial charge in [-0.2, -0.15) is 16.3 Å². The summed E-state index contributed by atoms with van der Waals surface area (Å²) < 4.78 is 10.6. The molecule has 23 heavy (non-hydrogen) atoms. The molecule has 0 spiro atoms. The second kappa shape index (κ2) is 8.01. The lowest BCUT2D eigenvalue weighted by Crippen LogP contribution is -2.30. The number of methoxy groups -OCH3 is 1. The number of hydrogen-bond acceptors (Lipinski definition) is 7. The van der Waals surface area contributed by atoms with Gasteiger partial charge in [0.2, 0.25) is 5.89 Å². The van der Waals surface area contributed by atoms with E-state index in [2.05, 4.69) is 36.8 Å². The Morgan fingerprint density at radius 1 is 1.26 bits per heavy atom. The van der Waals surface area contributed by atoms with Crippen molar-refractivity contribution in [3.05, 3.63) is 34.1 Å². The number of hydrogen-bond donors (Lipinski definition) is 0. The van der Waals surface area contributed by atoms with Gasteiger partial charge >= 0.3 is 0 Å². The van der Waals surface area contributed by atoms with E-state index in [9.17, 15) is 0 Å². The predicted octanol–water partition coefficient (Wildman–Crippen LogP) is 2.55. The molecule has 0 unspecified atom stereocenters. The van der Waals surface area contributed by atoms with Crippen molar-refractivity contribution in [1.29, 1.82) is 0 Å². The van der Waals surface area contributed by atoms with Crippen molar-refractivity contribution in [2.75, 3.05) is 33.3 Å². The Kier molecular flexibility index (Phi) is 5.77. The second-order valence-electron chi connectivity index (χ2n) is 5.96. The summed E-state index contributed by atoms with van der Waals surface area (Å²) in [7, 11) is 1.65. The minimum Gasteiger partial charge on any atom is -0.374 e. The molecule has 0 N–H and O–H groups in total. The quantitative estimate of drug-likeness (QED) is 0.808. The van der Waals surface area contributed by atoms with E-state index >= 15 is 0 Å². The lowest BCUT2D eigenvalue weighted by atomic mass is 10.3. The lowest BCUT2D eigenvalue weighted by Gasteiger charge is -2.20. The average Bonchev–Trinajstić information content (AvgIpc) is 3.18. The molecule has 3 heterocycles. The van der Waals surface area contributed by atoms with Crippen molar-refractivity contribution in [2.24, 2.45) is 0 Å². The molecule has 1 fully saturated rings. The fraction of sp³-hybridized carbons (Fsp3) is 0.625. The number of rotatable bonds is 6. The van der Waals surface area contributed by atoms with Gasteiger partial charge in [-0.05, 0) is 48.8 Å². The molecule has 0 saturated carbocycles. The minimum atomic E-state index is -0.127. The first-order chi connectivity index (χ1) is 11.2. The van der Waals surface area contributed by atoms with Crippen LogP contribution in [0.25, 0.3) is 0 Å². The highest BCUT2D eigenvalue weighted by Gasteiger charge is 2.19. The van der Waals surface area contributed by atoms with E-state index in [1.807, 2.05) is 6.92 Å². The van der Waals surface area contributed by atoms with E-state index in [0.29, 0.717) is 11.7 Å². The number of nitrogens with zero attached hydrogens (tertiary/aromatic N) is 4. The maximum absolute atomic E-state index is 5.35. The Labute approximate surface area is 141 Å². The summed E-state index contributed by atoms with van der Waals surface area (Å²) in [5.41, 5.74) is 1.42. The maximum Gasteiger partial charge on any atom is 0.240 e. The van der Waals surface area contributed by atoms with Crippen LogP contribution < -0.4 is 0 Å². The van der Waals surface area contributed by atoms with Crippen molar-refractivity contribution >= 4 is 11.3 Å². The van der Waals surface area contributed by atoms with E-state index in [-0.39, 0.29) is 6.10 Å². The molecular formula is C16H24N4O2S. The Hall–Kier alpha value is -1.28. The molecule has 1 atom stereocenters. The first-order valence-electron chi connectivity index (χ1n) is 8.05. The Morgan fingerprint density at radius 3 is 2.74 bits per heavy atom. The Balaban J connectivity index is 1.51. The van der Waals surface area contributed by atoms with Gasteiger partial charge in [0.25, 0.3) is 0 Å². The average molecular weight is 336 g/mol. The molecule has 1 aliphatic rings. The van der Waals surface area contributed by atoms with Crippen LogP contribution in [0.5, 0.6) is 0 Å². The highest BCUT2D eigenvalue weighted by Crippen LogP contribution is 2.15. The van der Waals surface area contributed by atoms with Gasteiger partial charge in [-0.15, -0.1) is 0 Å². The number of ether oxygens (including phenoxy) is 1. The first kappa shape index (κ1) is 16.6. The summed E-state index contributed by atoms with van der Waals surface area (Å²) >= 11 is 1.77. The summed E-state index contributed by atoms with van der Waals surface area (Å²) in [5.74, 6) is 1.30. The standard InChI is InChI=1S/C16H24N4O2S/c1-13(21-2)16-17-15(22-18-16)11-20-6-3-5-19(7-8-20)10-14-4-9-23-12-14/h4,9,12-13H,3,5-8,10-11H2,1-2H3/t13-/m1/s1. The molecule has 1 aliphatic heterocycles. The van der Waals surface area contributed by atoms with Gasteiger partial charge in [0.1, 0.15) is 6.10 Å². The molecule has 0 aliphatic carbocycles. The first-order valence-corrected chi connectivity index (χ1v) is 9.00. The summed E-state index contributed by atoms with van der Waals surface area (Å²) in [6.45, 7) is 8.00. The molecule has 0 aromatic carbocycles. The van der Waals surface area contributed by atoms with Crippen molar-refractivity contribution < 1.29 is 9.26 Å². The van der Waals surface area contributed by atoms with Gasteiger partial charge in [0.05, 0.1) is 6.54 Å². The van der Waals surface area contributed by atoms with Gasteiger partial charge in [0.15, 0.2) is 5.82 Å². The van der Waals surface area contributed by atoms with Gasteiger partial charge < -0.3 is 9.26 Å². The second-order valence-corrected chi connectivity index (χ2v) is 6.74. The molecule has 7 heteroatoms. The third kappa shape index (κ3) is 4.60. The van der Waals surface area contributed by atoms with Gasteiger partial charge in [-0.1, -0.05) is 5.16 Å². The molecule has 3 rings (SSSR count). The molecule has 6 nitrogen and oxygen atoms in total. The minimum absolute atomic E-state index is 0.127. The van der Waals surface area contributed by atoms with E-state index in [4.69, 9.17) is 9.26 Å². The van der Waals surface area contributed by atoms with E-state index in [1.165, 1.54) is 12.0 Å². The van der Waals surface area contributed by atoms with E-state index in [1.54, 1.807) is 18.4 Å². The zero-order chi connectivity index (χ0) is 16.1. The molecule has 0 radical (unpaired) electrons. The maximum atomic E-state index is 5.35. The van der Waals surface area contributed by atoms with Crippen molar-refractivity contribution in [1.82, 2.24) is 19.9 Å².